The van der Waals surface area contributed by atoms with Gasteiger partial charge in [-0.1, -0.05) is 0 Å². The molecule has 0 bridgehead atoms. The fourth-order valence-electron chi connectivity index (χ4n) is 0.885. The number of H-pyrrole nitrogens is 1. The molecule has 0 aliphatic rings. The molecule has 2 N–H and O–H groups in total. The zero-order valence-electron chi connectivity index (χ0n) is 7.41. The van der Waals surface area contributed by atoms with Gasteiger partial charge in [0, 0.05) is 12.4 Å². The minimum Gasteiger partial charge on any atom is -0.476 e. The van der Waals surface area contributed by atoms with Crippen LogP contribution in [0.1, 0.15) is 10.5 Å². The predicted octanol–water partition coefficient (Wildman–Crippen LogP) is 1.05. The number of carboxylic acid groups (broad SMARTS) is 1. The molecule has 15 heavy (non-hydrogen) atoms. The van der Waals surface area contributed by atoms with Crippen molar-refractivity contribution in [1.82, 2.24) is 19.9 Å². The summed E-state index contributed by atoms with van der Waals surface area (Å²) < 4.78 is 0. The lowest BCUT2D eigenvalue weighted by atomic mass is 10.5. The summed E-state index contributed by atoms with van der Waals surface area (Å²) in [6, 6.07) is 0. The second-order valence-corrected chi connectivity index (χ2v) is 3.55. The maximum atomic E-state index is 10.5. The van der Waals surface area contributed by atoms with E-state index >= 15 is 0 Å². The molecule has 0 atom stereocenters. The lowest BCUT2D eigenvalue weighted by Crippen LogP contribution is -2.00. The molecule has 0 saturated carbocycles. The third-order valence-electron chi connectivity index (χ3n) is 1.52. The van der Waals surface area contributed by atoms with E-state index in [9.17, 15) is 4.79 Å². The van der Waals surface area contributed by atoms with Gasteiger partial charge >= 0.3 is 5.97 Å². The number of carboxylic acids is 1. The first-order valence-corrected chi connectivity index (χ1v) is 4.80. The molecule has 0 spiro atoms. The topological polar surface area (TPSA) is 91.8 Å². The average molecular weight is 222 g/mol. The lowest BCUT2D eigenvalue weighted by Gasteiger charge is -1.96. The Hall–Kier alpha value is -1.89. The van der Waals surface area contributed by atoms with Gasteiger partial charge in [0.1, 0.15) is 5.03 Å². The van der Waals surface area contributed by atoms with Crippen molar-refractivity contribution in [3.63, 3.8) is 0 Å². The Morgan fingerprint density at radius 3 is 2.73 bits per heavy atom. The molecular formula is C8H6N4O2S. The van der Waals surface area contributed by atoms with Crippen LogP contribution in [0, 0.1) is 0 Å². The zero-order chi connectivity index (χ0) is 10.7. The van der Waals surface area contributed by atoms with Gasteiger partial charge in [-0.25, -0.2) is 19.7 Å². The van der Waals surface area contributed by atoms with Gasteiger partial charge in [0.15, 0.2) is 10.9 Å². The molecule has 2 aromatic heterocycles. The van der Waals surface area contributed by atoms with E-state index in [2.05, 4.69) is 19.9 Å². The number of hydrogen-bond donors (Lipinski definition) is 2. The summed E-state index contributed by atoms with van der Waals surface area (Å²) in [6.45, 7) is 0. The number of nitrogens with one attached hydrogen (secondary N) is 1. The van der Waals surface area contributed by atoms with Gasteiger partial charge in [-0.2, -0.15) is 0 Å². The van der Waals surface area contributed by atoms with Crippen LogP contribution in [0.25, 0.3) is 0 Å². The summed E-state index contributed by atoms with van der Waals surface area (Å²) in [4.78, 5) is 25.1. The zero-order valence-corrected chi connectivity index (χ0v) is 8.23. The van der Waals surface area contributed by atoms with Crippen molar-refractivity contribution < 1.29 is 9.90 Å². The van der Waals surface area contributed by atoms with E-state index in [1.807, 2.05) is 0 Å². The Kier molecular flexibility index (Phi) is 2.64. The standard InChI is InChI=1S/C8H6N4O2S/c13-7(14)5-3-12-6(4-11-5)15-8-9-1-2-10-8/h1-4H,(H,9,10)(H,13,14). The van der Waals surface area contributed by atoms with E-state index in [4.69, 9.17) is 5.11 Å². The van der Waals surface area contributed by atoms with Gasteiger partial charge < -0.3 is 10.1 Å². The Labute approximate surface area is 88.8 Å². The molecule has 7 heteroatoms. The molecule has 0 fully saturated rings. The van der Waals surface area contributed by atoms with Crippen molar-refractivity contribution in [2.45, 2.75) is 10.2 Å². The van der Waals surface area contributed by atoms with Gasteiger partial charge in [-0.3, -0.25) is 0 Å². The highest BCUT2D eigenvalue weighted by Crippen LogP contribution is 2.20. The van der Waals surface area contributed by atoms with Crippen LogP contribution in [0.3, 0.4) is 0 Å². The molecular weight excluding hydrogens is 216 g/mol. The number of nitrogens with zero attached hydrogens (tertiary/aromatic N) is 3. The summed E-state index contributed by atoms with van der Waals surface area (Å²) in [5.41, 5.74) is -0.0706. The third-order valence-corrected chi connectivity index (χ3v) is 2.36. The monoisotopic (exact) mass is 222 g/mol. The van der Waals surface area contributed by atoms with Crippen LogP contribution < -0.4 is 0 Å². The third kappa shape index (κ3) is 2.32. The molecule has 2 heterocycles. The normalized spacial score (nSPS) is 10.1. The van der Waals surface area contributed by atoms with Crippen molar-refractivity contribution in [1.29, 1.82) is 0 Å². The van der Waals surface area contributed by atoms with E-state index in [1.54, 1.807) is 12.4 Å². The quantitative estimate of drug-likeness (QED) is 0.806. The SMILES string of the molecule is O=C(O)c1cnc(Sc2ncc[nH]2)cn1. The van der Waals surface area contributed by atoms with Crippen LogP contribution >= 0.6 is 11.8 Å². The molecule has 2 aromatic rings. The molecule has 0 aromatic carbocycles. The predicted molar refractivity (Wildman–Crippen MR) is 51.7 cm³/mol. The van der Waals surface area contributed by atoms with Crippen LogP contribution in [0.2, 0.25) is 0 Å². The summed E-state index contributed by atoms with van der Waals surface area (Å²) in [5.74, 6) is -1.09. The minimum atomic E-state index is -1.09. The second kappa shape index (κ2) is 4.09. The molecule has 0 aliphatic carbocycles. The number of carbonyl (C=O) groups is 1. The summed E-state index contributed by atoms with van der Waals surface area (Å²) in [7, 11) is 0. The molecule has 0 amide bonds. The summed E-state index contributed by atoms with van der Waals surface area (Å²) >= 11 is 1.28. The molecule has 0 unspecified atom stereocenters. The van der Waals surface area contributed by atoms with Gasteiger partial charge in [-0.15, -0.1) is 0 Å². The van der Waals surface area contributed by atoms with E-state index in [1.165, 1.54) is 24.2 Å². The first kappa shape index (κ1) is 9.66. The number of aromatic carboxylic acids is 1. The number of aromatic amines is 1. The number of rotatable bonds is 3. The van der Waals surface area contributed by atoms with Crippen LogP contribution in [-0.2, 0) is 0 Å². The van der Waals surface area contributed by atoms with Crippen molar-refractivity contribution >= 4 is 17.7 Å². The van der Waals surface area contributed by atoms with E-state index in [-0.39, 0.29) is 5.69 Å². The molecule has 0 saturated heterocycles. The number of aromatic nitrogens is 4. The Morgan fingerprint density at radius 2 is 2.20 bits per heavy atom. The Bertz CT molecular complexity index is 454. The number of imidazole rings is 1. The highest BCUT2D eigenvalue weighted by atomic mass is 32.2. The van der Waals surface area contributed by atoms with Crippen molar-refractivity contribution in [2.24, 2.45) is 0 Å². The van der Waals surface area contributed by atoms with Crippen LogP contribution in [0.15, 0.2) is 35.0 Å². The Morgan fingerprint density at radius 1 is 1.33 bits per heavy atom. The van der Waals surface area contributed by atoms with Crippen LogP contribution in [0.5, 0.6) is 0 Å². The second-order valence-electron chi connectivity index (χ2n) is 2.54. The number of hydrogen-bond acceptors (Lipinski definition) is 5. The van der Waals surface area contributed by atoms with Crippen LogP contribution in [-0.4, -0.2) is 31.0 Å². The molecule has 0 aliphatic heterocycles. The van der Waals surface area contributed by atoms with Crippen molar-refractivity contribution in [2.75, 3.05) is 0 Å². The molecule has 2 rings (SSSR count). The minimum absolute atomic E-state index is 0.0706. The van der Waals surface area contributed by atoms with E-state index in [0.29, 0.717) is 10.2 Å². The first-order valence-electron chi connectivity index (χ1n) is 3.98. The van der Waals surface area contributed by atoms with Gasteiger partial charge in [0.25, 0.3) is 0 Å². The summed E-state index contributed by atoms with van der Waals surface area (Å²) in [5, 5.41) is 9.88. The maximum absolute atomic E-state index is 10.5. The van der Waals surface area contributed by atoms with Gasteiger partial charge in [-0.05, 0) is 11.8 Å². The van der Waals surface area contributed by atoms with Gasteiger partial charge in [0.2, 0.25) is 0 Å². The van der Waals surface area contributed by atoms with Gasteiger partial charge in [0.05, 0.1) is 12.4 Å². The average Bonchev–Trinajstić information content (AvgIpc) is 2.71. The highest BCUT2D eigenvalue weighted by Gasteiger charge is 2.06. The fraction of sp³-hybridized carbons (Fsp3) is 0. The van der Waals surface area contributed by atoms with Crippen LogP contribution in [0.4, 0.5) is 0 Å². The molecule has 6 nitrogen and oxygen atoms in total. The molecule has 76 valence electrons. The fourth-order valence-corrected chi connectivity index (χ4v) is 1.53. The Balaban J connectivity index is 2.14. The van der Waals surface area contributed by atoms with Crippen molar-refractivity contribution in [3.8, 4) is 0 Å². The first-order chi connectivity index (χ1) is 7.25. The largest absolute Gasteiger partial charge is 0.476 e. The van der Waals surface area contributed by atoms with Crippen molar-refractivity contribution in [3.05, 3.63) is 30.5 Å². The molecule has 0 radical (unpaired) electrons. The van der Waals surface area contributed by atoms with E-state index < -0.39 is 5.97 Å². The highest BCUT2D eigenvalue weighted by molar-refractivity contribution is 7.99. The van der Waals surface area contributed by atoms with E-state index in [0.717, 1.165) is 0 Å². The summed E-state index contributed by atoms with van der Waals surface area (Å²) in [6.07, 6.45) is 5.94. The smallest absolute Gasteiger partial charge is 0.356 e. The lowest BCUT2D eigenvalue weighted by molar-refractivity contribution is 0.0689. The maximum Gasteiger partial charge on any atom is 0.356 e.